The van der Waals surface area contributed by atoms with E-state index in [0.29, 0.717) is 12.4 Å². The lowest BCUT2D eigenvalue weighted by Crippen LogP contribution is -2.32. The van der Waals surface area contributed by atoms with Crippen LogP contribution in [0.1, 0.15) is 18.1 Å². The van der Waals surface area contributed by atoms with Crippen LogP contribution in [0.25, 0.3) is 0 Å². The van der Waals surface area contributed by atoms with E-state index >= 15 is 0 Å². The lowest BCUT2D eigenvalue weighted by atomic mass is 10.0. The van der Waals surface area contributed by atoms with Crippen molar-refractivity contribution in [3.63, 3.8) is 0 Å². The number of benzene rings is 1. The monoisotopic (exact) mass is 266 g/mol. The average Bonchev–Trinajstić information content (AvgIpc) is 2.31. The predicted octanol–water partition coefficient (Wildman–Crippen LogP) is 1.10. The first-order valence-electron chi connectivity index (χ1n) is 6.31. The Morgan fingerprint density at radius 1 is 1.47 bits per heavy atom. The lowest BCUT2D eigenvalue weighted by Gasteiger charge is -2.16. The minimum absolute atomic E-state index is 0.270. The number of nitrogens with two attached hydrogens (primary N) is 1. The summed E-state index contributed by atoms with van der Waals surface area (Å²) < 4.78 is 5.52. The molecule has 106 valence electrons. The Labute approximate surface area is 114 Å². The molecule has 0 saturated carbocycles. The maximum absolute atomic E-state index is 10.9. The number of rotatable bonds is 7. The van der Waals surface area contributed by atoms with Gasteiger partial charge in [-0.3, -0.25) is 4.79 Å². The van der Waals surface area contributed by atoms with Crippen molar-refractivity contribution < 1.29 is 14.6 Å². The Balaban J connectivity index is 2.97. The summed E-state index contributed by atoms with van der Waals surface area (Å²) in [5.74, 6) is -0.290. The van der Waals surface area contributed by atoms with Gasteiger partial charge in [0, 0.05) is 13.0 Å². The molecule has 0 fully saturated rings. The topological polar surface area (TPSA) is 75.8 Å². The largest absolute Gasteiger partial charge is 0.494 e. The van der Waals surface area contributed by atoms with Gasteiger partial charge in [0.25, 0.3) is 0 Å². The molecule has 0 amide bonds. The highest BCUT2D eigenvalue weighted by atomic mass is 16.5. The summed E-state index contributed by atoms with van der Waals surface area (Å²) in [5, 5.41) is 8.90. The summed E-state index contributed by atoms with van der Waals surface area (Å²) in [5.41, 5.74) is 7.56. The maximum atomic E-state index is 10.9. The third-order valence-electron chi connectivity index (χ3n) is 2.68. The van der Waals surface area contributed by atoms with Crippen molar-refractivity contribution in [2.24, 2.45) is 5.73 Å². The van der Waals surface area contributed by atoms with E-state index in [-0.39, 0.29) is 6.42 Å². The van der Waals surface area contributed by atoms with Crippen molar-refractivity contribution in [2.75, 3.05) is 20.7 Å². The highest BCUT2D eigenvalue weighted by Crippen LogP contribution is 2.22. The van der Waals surface area contributed by atoms with Gasteiger partial charge in [0.1, 0.15) is 11.8 Å². The second-order valence-corrected chi connectivity index (χ2v) is 4.76. The third kappa shape index (κ3) is 4.89. The standard InChI is InChI=1S/C14H22N2O3/c1-4-19-13-6-5-10(9-16(2)3)7-11(13)8-12(15)14(17)18/h5-7,12H,4,8-9,15H2,1-3H3,(H,17,18). The first-order chi connectivity index (χ1) is 8.93. The van der Waals surface area contributed by atoms with Crippen LogP contribution in [-0.2, 0) is 17.8 Å². The SMILES string of the molecule is CCOc1ccc(CN(C)C)cc1CC(N)C(=O)O. The smallest absolute Gasteiger partial charge is 0.320 e. The van der Waals surface area contributed by atoms with Gasteiger partial charge in [0.2, 0.25) is 0 Å². The molecule has 0 radical (unpaired) electrons. The molecule has 19 heavy (non-hydrogen) atoms. The predicted molar refractivity (Wildman–Crippen MR) is 74.3 cm³/mol. The molecule has 1 atom stereocenters. The molecular weight excluding hydrogens is 244 g/mol. The van der Waals surface area contributed by atoms with E-state index < -0.39 is 12.0 Å². The molecule has 1 rings (SSSR count). The van der Waals surface area contributed by atoms with Crippen molar-refractivity contribution in [1.82, 2.24) is 4.90 Å². The zero-order chi connectivity index (χ0) is 14.4. The van der Waals surface area contributed by atoms with Crippen LogP contribution in [0.4, 0.5) is 0 Å². The van der Waals surface area contributed by atoms with Crippen LogP contribution < -0.4 is 10.5 Å². The number of hydrogen-bond donors (Lipinski definition) is 2. The molecule has 0 aliphatic heterocycles. The van der Waals surface area contributed by atoms with Crippen LogP contribution in [0.15, 0.2) is 18.2 Å². The van der Waals surface area contributed by atoms with Gasteiger partial charge in [0.15, 0.2) is 0 Å². The number of hydrogen-bond acceptors (Lipinski definition) is 4. The summed E-state index contributed by atoms with van der Waals surface area (Å²) in [4.78, 5) is 12.9. The fourth-order valence-electron chi connectivity index (χ4n) is 1.88. The van der Waals surface area contributed by atoms with Crippen molar-refractivity contribution in [3.8, 4) is 5.75 Å². The normalized spacial score (nSPS) is 12.5. The summed E-state index contributed by atoms with van der Waals surface area (Å²) in [7, 11) is 3.97. The molecule has 0 aliphatic carbocycles. The van der Waals surface area contributed by atoms with Crippen LogP contribution in [0, 0.1) is 0 Å². The van der Waals surface area contributed by atoms with E-state index in [2.05, 4.69) is 4.90 Å². The van der Waals surface area contributed by atoms with Gasteiger partial charge in [0.05, 0.1) is 6.61 Å². The van der Waals surface area contributed by atoms with Crippen LogP contribution >= 0.6 is 0 Å². The number of ether oxygens (including phenoxy) is 1. The van der Waals surface area contributed by atoms with E-state index in [9.17, 15) is 4.79 Å². The van der Waals surface area contributed by atoms with Crippen LogP contribution in [0.3, 0.4) is 0 Å². The molecule has 0 bridgehead atoms. The van der Waals surface area contributed by atoms with Crippen molar-refractivity contribution in [1.29, 1.82) is 0 Å². The fourth-order valence-corrected chi connectivity index (χ4v) is 1.88. The van der Waals surface area contributed by atoms with Crippen LogP contribution in [-0.4, -0.2) is 42.7 Å². The quantitative estimate of drug-likeness (QED) is 0.773. The summed E-state index contributed by atoms with van der Waals surface area (Å²) in [6.45, 7) is 3.23. The molecule has 3 N–H and O–H groups in total. The lowest BCUT2D eigenvalue weighted by molar-refractivity contribution is -0.138. The van der Waals surface area contributed by atoms with E-state index in [1.807, 2.05) is 39.2 Å². The number of nitrogens with zero attached hydrogens (tertiary/aromatic N) is 1. The van der Waals surface area contributed by atoms with Gasteiger partial charge in [-0.05, 0) is 38.2 Å². The molecule has 1 unspecified atom stereocenters. The molecule has 0 heterocycles. The van der Waals surface area contributed by atoms with E-state index in [0.717, 1.165) is 17.7 Å². The van der Waals surface area contributed by atoms with Crippen molar-refractivity contribution in [3.05, 3.63) is 29.3 Å². The molecule has 1 aromatic rings. The summed E-state index contributed by atoms with van der Waals surface area (Å²) >= 11 is 0. The molecule has 0 saturated heterocycles. The van der Waals surface area contributed by atoms with E-state index in [1.165, 1.54) is 0 Å². The minimum atomic E-state index is -1.000. The maximum Gasteiger partial charge on any atom is 0.320 e. The Morgan fingerprint density at radius 3 is 2.68 bits per heavy atom. The first-order valence-corrected chi connectivity index (χ1v) is 6.31. The Hall–Kier alpha value is -1.59. The first kappa shape index (κ1) is 15.5. The van der Waals surface area contributed by atoms with E-state index in [4.69, 9.17) is 15.6 Å². The highest BCUT2D eigenvalue weighted by molar-refractivity contribution is 5.73. The second-order valence-electron chi connectivity index (χ2n) is 4.76. The Kier molecular flexibility index (Phi) is 5.79. The summed E-state index contributed by atoms with van der Waals surface area (Å²) in [6, 6.07) is 4.93. The van der Waals surface area contributed by atoms with Crippen LogP contribution in [0.5, 0.6) is 5.75 Å². The molecule has 1 aromatic carbocycles. The fraction of sp³-hybridized carbons (Fsp3) is 0.500. The number of aliphatic carboxylic acids is 1. The number of carboxylic acids is 1. The third-order valence-corrected chi connectivity index (χ3v) is 2.68. The zero-order valence-electron chi connectivity index (χ0n) is 11.7. The minimum Gasteiger partial charge on any atom is -0.494 e. The van der Waals surface area contributed by atoms with Gasteiger partial charge in [-0.15, -0.1) is 0 Å². The van der Waals surface area contributed by atoms with Gasteiger partial charge >= 0.3 is 5.97 Å². The van der Waals surface area contributed by atoms with Crippen molar-refractivity contribution >= 4 is 5.97 Å². The van der Waals surface area contributed by atoms with Crippen molar-refractivity contribution in [2.45, 2.75) is 25.9 Å². The number of carbonyl (C=O) groups is 1. The average molecular weight is 266 g/mol. The van der Waals surface area contributed by atoms with E-state index in [1.54, 1.807) is 0 Å². The van der Waals surface area contributed by atoms with Gasteiger partial charge in [-0.25, -0.2) is 0 Å². The molecule has 5 heteroatoms. The Morgan fingerprint density at radius 2 is 2.16 bits per heavy atom. The molecule has 5 nitrogen and oxygen atoms in total. The highest BCUT2D eigenvalue weighted by Gasteiger charge is 2.15. The summed E-state index contributed by atoms with van der Waals surface area (Å²) in [6.07, 6.45) is 0.270. The molecular formula is C14H22N2O3. The Bertz CT molecular complexity index is 433. The molecule has 0 aromatic heterocycles. The van der Waals surface area contributed by atoms with Crippen LogP contribution in [0.2, 0.25) is 0 Å². The molecule has 0 aliphatic rings. The van der Waals surface area contributed by atoms with Gasteiger partial charge in [-0.2, -0.15) is 0 Å². The second kappa shape index (κ2) is 7.11. The zero-order valence-corrected chi connectivity index (χ0v) is 11.7. The molecule has 0 spiro atoms. The number of carboxylic acid groups (broad SMARTS) is 1. The van der Waals surface area contributed by atoms with Gasteiger partial charge < -0.3 is 20.5 Å². The van der Waals surface area contributed by atoms with Gasteiger partial charge in [-0.1, -0.05) is 12.1 Å².